The van der Waals surface area contributed by atoms with Gasteiger partial charge < -0.3 is 10.4 Å². The van der Waals surface area contributed by atoms with Gasteiger partial charge in [0.25, 0.3) is 0 Å². The Balaban J connectivity index is 1.63. The first-order valence-corrected chi connectivity index (χ1v) is 6.96. The second-order valence-corrected chi connectivity index (χ2v) is 6.82. The van der Waals surface area contributed by atoms with Crippen LogP contribution in [-0.4, -0.2) is 23.0 Å². The highest BCUT2D eigenvalue weighted by Crippen LogP contribution is 2.58. The molecule has 3 aliphatic carbocycles. The van der Waals surface area contributed by atoms with Crippen molar-refractivity contribution >= 4 is 11.9 Å². The largest absolute Gasteiger partial charge is 0.481 e. The second-order valence-electron chi connectivity index (χ2n) is 6.82. The van der Waals surface area contributed by atoms with Crippen molar-refractivity contribution in [3.63, 3.8) is 0 Å². The molecule has 4 nitrogen and oxygen atoms in total. The quantitative estimate of drug-likeness (QED) is 0.780. The van der Waals surface area contributed by atoms with E-state index < -0.39 is 11.9 Å². The molecule has 3 saturated carbocycles. The van der Waals surface area contributed by atoms with Crippen LogP contribution in [0.2, 0.25) is 0 Å². The summed E-state index contributed by atoms with van der Waals surface area (Å²) in [6.07, 6.45) is 4.88. The van der Waals surface area contributed by atoms with E-state index in [1.807, 2.05) is 13.8 Å². The third kappa shape index (κ3) is 1.91. The number of carboxylic acids is 1. The van der Waals surface area contributed by atoms with Crippen LogP contribution in [0.25, 0.3) is 0 Å². The number of carboxylic acid groups (broad SMARTS) is 1. The van der Waals surface area contributed by atoms with Gasteiger partial charge >= 0.3 is 5.97 Å². The van der Waals surface area contributed by atoms with Gasteiger partial charge in [-0.15, -0.1) is 0 Å². The lowest BCUT2D eigenvalue weighted by Gasteiger charge is -2.18. The van der Waals surface area contributed by atoms with Gasteiger partial charge in [-0.25, -0.2) is 0 Å². The maximum atomic E-state index is 12.2. The molecule has 3 fully saturated rings. The molecule has 0 aromatic heterocycles. The predicted molar refractivity (Wildman–Crippen MR) is 65.8 cm³/mol. The summed E-state index contributed by atoms with van der Waals surface area (Å²) in [5, 5.41) is 12.2. The zero-order chi connectivity index (χ0) is 13.1. The number of hydrogen-bond acceptors (Lipinski definition) is 2. The first-order chi connectivity index (χ1) is 8.43. The standard InChI is InChI=1S/C14H21NO3/c1-14(2)9(10(14)13(17)18)12(16)15-11(7-3-4-7)8-5-6-8/h7-11H,3-6H2,1-2H3,(H,15,16)(H,17,18). The van der Waals surface area contributed by atoms with Crippen LogP contribution in [0.4, 0.5) is 0 Å². The summed E-state index contributed by atoms with van der Waals surface area (Å²) in [5.41, 5.74) is -0.381. The first kappa shape index (κ1) is 12.0. The van der Waals surface area contributed by atoms with E-state index >= 15 is 0 Å². The SMILES string of the molecule is CC1(C)C(C(=O)O)C1C(=O)NC(C1CC1)C1CC1. The highest BCUT2D eigenvalue weighted by molar-refractivity contribution is 5.91. The molecule has 3 rings (SSSR count). The van der Waals surface area contributed by atoms with E-state index in [-0.39, 0.29) is 17.2 Å². The summed E-state index contributed by atoms with van der Waals surface area (Å²) >= 11 is 0. The van der Waals surface area contributed by atoms with Crippen molar-refractivity contribution in [2.24, 2.45) is 29.1 Å². The van der Waals surface area contributed by atoms with Gasteiger partial charge in [0.1, 0.15) is 0 Å². The molecule has 0 aliphatic heterocycles. The molecule has 0 aromatic carbocycles. The fourth-order valence-electron chi connectivity index (χ4n) is 3.37. The number of nitrogens with one attached hydrogen (secondary N) is 1. The smallest absolute Gasteiger partial charge is 0.307 e. The number of carbonyl (C=O) groups is 2. The molecule has 0 spiro atoms. The van der Waals surface area contributed by atoms with Crippen molar-refractivity contribution in [3.05, 3.63) is 0 Å². The lowest BCUT2D eigenvalue weighted by Crippen LogP contribution is -2.40. The van der Waals surface area contributed by atoms with Gasteiger partial charge in [-0.05, 0) is 42.9 Å². The van der Waals surface area contributed by atoms with E-state index in [1.165, 1.54) is 25.7 Å². The Hall–Kier alpha value is -1.06. The monoisotopic (exact) mass is 251 g/mol. The van der Waals surface area contributed by atoms with E-state index in [9.17, 15) is 9.59 Å². The fraction of sp³-hybridized carbons (Fsp3) is 0.857. The summed E-state index contributed by atoms with van der Waals surface area (Å²) in [6, 6.07) is 0.323. The molecule has 0 heterocycles. The molecule has 100 valence electrons. The topological polar surface area (TPSA) is 66.4 Å². The fourth-order valence-corrected chi connectivity index (χ4v) is 3.37. The first-order valence-electron chi connectivity index (χ1n) is 6.96. The van der Waals surface area contributed by atoms with E-state index in [2.05, 4.69) is 5.32 Å². The summed E-state index contributed by atoms with van der Waals surface area (Å²) < 4.78 is 0. The number of carbonyl (C=O) groups excluding carboxylic acids is 1. The molecule has 2 N–H and O–H groups in total. The van der Waals surface area contributed by atoms with Gasteiger partial charge in [-0.2, -0.15) is 0 Å². The Kier molecular flexibility index (Phi) is 2.48. The number of amides is 1. The lowest BCUT2D eigenvalue weighted by molar-refractivity contribution is -0.140. The maximum Gasteiger partial charge on any atom is 0.307 e. The van der Waals surface area contributed by atoms with Crippen LogP contribution in [-0.2, 0) is 9.59 Å². The number of aliphatic carboxylic acids is 1. The van der Waals surface area contributed by atoms with Crippen molar-refractivity contribution in [3.8, 4) is 0 Å². The minimum Gasteiger partial charge on any atom is -0.481 e. The Bertz CT molecular complexity index is 384. The Morgan fingerprint density at radius 3 is 1.94 bits per heavy atom. The average Bonchev–Trinajstić information content (AvgIpc) is 3.11. The normalized spacial score (nSPS) is 33.3. The lowest BCUT2D eigenvalue weighted by atomic mass is 10.1. The summed E-state index contributed by atoms with van der Waals surface area (Å²) in [6.45, 7) is 3.75. The number of hydrogen-bond donors (Lipinski definition) is 2. The third-order valence-electron chi connectivity index (χ3n) is 4.94. The van der Waals surface area contributed by atoms with E-state index in [0.29, 0.717) is 17.9 Å². The van der Waals surface area contributed by atoms with Crippen molar-refractivity contribution in [1.82, 2.24) is 5.32 Å². The average molecular weight is 251 g/mol. The van der Waals surface area contributed by atoms with Crippen LogP contribution in [0, 0.1) is 29.1 Å². The van der Waals surface area contributed by atoms with Crippen LogP contribution in [0.1, 0.15) is 39.5 Å². The molecule has 0 radical (unpaired) electrons. The van der Waals surface area contributed by atoms with Crippen LogP contribution < -0.4 is 5.32 Å². The highest BCUT2D eigenvalue weighted by atomic mass is 16.4. The molecule has 2 unspecified atom stereocenters. The zero-order valence-electron chi connectivity index (χ0n) is 11.0. The van der Waals surface area contributed by atoms with Gasteiger partial charge in [0.05, 0.1) is 11.8 Å². The summed E-state index contributed by atoms with van der Waals surface area (Å²) in [4.78, 5) is 23.3. The molecule has 0 saturated heterocycles. The zero-order valence-corrected chi connectivity index (χ0v) is 11.0. The van der Waals surface area contributed by atoms with Gasteiger partial charge in [0, 0.05) is 6.04 Å². The Labute approximate surface area is 107 Å². The maximum absolute atomic E-state index is 12.2. The molecule has 0 aromatic rings. The van der Waals surface area contributed by atoms with Gasteiger partial charge in [0.2, 0.25) is 5.91 Å². The molecular formula is C14H21NO3. The molecule has 18 heavy (non-hydrogen) atoms. The second kappa shape index (κ2) is 3.72. The molecule has 1 amide bonds. The molecule has 0 bridgehead atoms. The van der Waals surface area contributed by atoms with Gasteiger partial charge in [-0.3, -0.25) is 9.59 Å². The Morgan fingerprint density at radius 1 is 1.11 bits per heavy atom. The Morgan fingerprint density at radius 2 is 1.61 bits per heavy atom. The van der Waals surface area contributed by atoms with Gasteiger partial charge in [-0.1, -0.05) is 13.8 Å². The minimum atomic E-state index is -0.838. The van der Waals surface area contributed by atoms with Crippen LogP contribution >= 0.6 is 0 Å². The van der Waals surface area contributed by atoms with Crippen molar-refractivity contribution in [1.29, 1.82) is 0 Å². The molecule has 2 atom stereocenters. The van der Waals surface area contributed by atoms with E-state index in [4.69, 9.17) is 5.11 Å². The molecule has 4 heteroatoms. The van der Waals surface area contributed by atoms with Crippen molar-refractivity contribution in [2.45, 2.75) is 45.6 Å². The van der Waals surface area contributed by atoms with Crippen molar-refractivity contribution in [2.75, 3.05) is 0 Å². The van der Waals surface area contributed by atoms with Crippen LogP contribution in [0.5, 0.6) is 0 Å². The highest BCUT2D eigenvalue weighted by Gasteiger charge is 2.66. The van der Waals surface area contributed by atoms with Crippen LogP contribution in [0.3, 0.4) is 0 Å². The molecule has 3 aliphatic rings. The predicted octanol–water partition coefficient (Wildman–Crippen LogP) is 1.65. The summed E-state index contributed by atoms with van der Waals surface area (Å²) in [5.74, 6) is -0.393. The molecular weight excluding hydrogens is 230 g/mol. The summed E-state index contributed by atoms with van der Waals surface area (Å²) in [7, 11) is 0. The number of rotatable bonds is 5. The third-order valence-corrected chi connectivity index (χ3v) is 4.94. The minimum absolute atomic E-state index is 0.0313. The van der Waals surface area contributed by atoms with Crippen molar-refractivity contribution < 1.29 is 14.7 Å². The van der Waals surface area contributed by atoms with Crippen LogP contribution in [0.15, 0.2) is 0 Å². The van der Waals surface area contributed by atoms with E-state index in [0.717, 1.165) is 0 Å². The van der Waals surface area contributed by atoms with E-state index in [1.54, 1.807) is 0 Å². The van der Waals surface area contributed by atoms with Gasteiger partial charge in [0.15, 0.2) is 0 Å².